The highest BCUT2D eigenvalue weighted by atomic mass is 16.6. The Morgan fingerprint density at radius 1 is 1.11 bits per heavy atom. The summed E-state index contributed by atoms with van der Waals surface area (Å²) in [6.07, 6.45) is 4.77. The van der Waals surface area contributed by atoms with Crippen LogP contribution in [-0.4, -0.2) is 36.2 Å². The van der Waals surface area contributed by atoms with E-state index in [2.05, 4.69) is 15.3 Å². The fourth-order valence-corrected chi connectivity index (χ4v) is 2.99. The Balaban J connectivity index is 1.66. The van der Waals surface area contributed by atoms with E-state index in [1.54, 1.807) is 17.1 Å². The third-order valence-electron chi connectivity index (χ3n) is 4.18. The maximum absolute atomic E-state index is 12.5. The minimum absolute atomic E-state index is 0.458. The van der Waals surface area contributed by atoms with Gasteiger partial charge in [0.15, 0.2) is 0 Å². The first-order valence-electron chi connectivity index (χ1n) is 9.04. The molecular formula is C21H21N5O2. The van der Waals surface area contributed by atoms with E-state index in [9.17, 15) is 4.79 Å². The molecule has 0 N–H and O–H groups in total. The zero-order valence-electron chi connectivity index (χ0n) is 16.0. The van der Waals surface area contributed by atoms with Crippen LogP contribution in [0, 0.1) is 0 Å². The number of hydrogen-bond acceptors (Lipinski definition) is 5. The molecule has 0 saturated carbocycles. The molecule has 3 heterocycles. The number of nitrogens with zero attached hydrogens (tertiary/aromatic N) is 5. The van der Waals surface area contributed by atoms with Crippen LogP contribution in [0.1, 0.15) is 26.3 Å². The van der Waals surface area contributed by atoms with Crippen LogP contribution in [0.4, 0.5) is 4.79 Å². The van der Waals surface area contributed by atoms with Crippen LogP contribution in [0.25, 0.3) is 22.3 Å². The predicted molar refractivity (Wildman–Crippen MR) is 106 cm³/mol. The molecule has 0 fully saturated rings. The predicted octanol–water partition coefficient (Wildman–Crippen LogP) is 4.13. The van der Waals surface area contributed by atoms with E-state index in [4.69, 9.17) is 4.74 Å². The molecule has 28 heavy (non-hydrogen) atoms. The lowest BCUT2D eigenvalue weighted by Gasteiger charge is -2.19. The van der Waals surface area contributed by atoms with Crippen molar-refractivity contribution in [2.45, 2.75) is 32.9 Å². The van der Waals surface area contributed by atoms with Crippen LogP contribution in [0.3, 0.4) is 0 Å². The van der Waals surface area contributed by atoms with Crippen molar-refractivity contribution < 1.29 is 9.53 Å². The Morgan fingerprint density at radius 2 is 1.89 bits per heavy atom. The number of benzene rings is 1. The van der Waals surface area contributed by atoms with Crippen LogP contribution < -0.4 is 0 Å². The van der Waals surface area contributed by atoms with Gasteiger partial charge in [-0.2, -0.15) is 0 Å². The van der Waals surface area contributed by atoms with Gasteiger partial charge in [-0.1, -0.05) is 35.5 Å². The first-order chi connectivity index (χ1) is 13.4. The second-order valence-corrected chi connectivity index (χ2v) is 7.55. The molecule has 7 nitrogen and oxygen atoms in total. The highest BCUT2D eigenvalue weighted by molar-refractivity contribution is 5.96. The number of carbonyl (C=O) groups excluding carboxylic acids is 1. The molecule has 4 rings (SSSR count). The summed E-state index contributed by atoms with van der Waals surface area (Å²) in [6, 6.07) is 13.8. The fourth-order valence-electron chi connectivity index (χ4n) is 2.99. The molecular weight excluding hydrogens is 354 g/mol. The molecule has 0 radical (unpaired) electrons. The first-order valence-corrected chi connectivity index (χ1v) is 9.04. The van der Waals surface area contributed by atoms with E-state index in [0.29, 0.717) is 12.2 Å². The summed E-state index contributed by atoms with van der Waals surface area (Å²) in [4.78, 5) is 16.8. The number of carbonyl (C=O) groups is 1. The summed E-state index contributed by atoms with van der Waals surface area (Å²) in [6.45, 7) is 6.14. The Kier molecular flexibility index (Phi) is 4.43. The number of aromatic nitrogens is 5. The van der Waals surface area contributed by atoms with Gasteiger partial charge in [0, 0.05) is 23.3 Å². The lowest BCUT2D eigenvalue weighted by atomic mass is 10.1. The SMILES string of the molecule is CC(C)(C)OC(=O)n1ccc2c(-c3cn(Cc4ccccc4)nn3)ccnc21. The number of fused-ring (bicyclic) bond motifs is 1. The van der Waals surface area contributed by atoms with Gasteiger partial charge in [0.25, 0.3) is 0 Å². The molecule has 142 valence electrons. The highest BCUT2D eigenvalue weighted by Crippen LogP contribution is 2.27. The summed E-state index contributed by atoms with van der Waals surface area (Å²) >= 11 is 0. The molecule has 0 amide bonds. The molecule has 0 aliphatic carbocycles. The van der Waals surface area contributed by atoms with Gasteiger partial charge in [-0.15, -0.1) is 5.10 Å². The standard InChI is InChI=1S/C21H21N5O2/c1-21(2,3)28-20(27)26-12-10-17-16(9-11-22-19(17)26)18-14-25(24-23-18)13-15-7-5-4-6-8-15/h4-12,14H,13H2,1-3H3. The summed E-state index contributed by atoms with van der Waals surface area (Å²) in [5.41, 5.74) is 2.70. The second-order valence-electron chi connectivity index (χ2n) is 7.55. The highest BCUT2D eigenvalue weighted by Gasteiger charge is 2.20. The van der Waals surface area contributed by atoms with Crippen molar-refractivity contribution >= 4 is 17.1 Å². The molecule has 0 bridgehead atoms. The minimum Gasteiger partial charge on any atom is -0.443 e. The summed E-state index contributed by atoms with van der Waals surface area (Å²) in [5, 5.41) is 9.36. The molecule has 7 heteroatoms. The molecule has 0 unspecified atom stereocenters. The average molecular weight is 375 g/mol. The van der Waals surface area contributed by atoms with Crippen molar-refractivity contribution in [3.05, 3.63) is 66.6 Å². The van der Waals surface area contributed by atoms with Gasteiger partial charge >= 0.3 is 6.09 Å². The van der Waals surface area contributed by atoms with Crippen molar-refractivity contribution in [1.82, 2.24) is 24.5 Å². The van der Waals surface area contributed by atoms with Gasteiger partial charge in [-0.25, -0.2) is 19.0 Å². The van der Waals surface area contributed by atoms with Crippen LogP contribution in [0.5, 0.6) is 0 Å². The van der Waals surface area contributed by atoms with E-state index in [1.807, 2.05) is 69.4 Å². The number of rotatable bonds is 3. The average Bonchev–Trinajstić information content (AvgIpc) is 3.28. The van der Waals surface area contributed by atoms with Gasteiger partial charge in [0.05, 0.1) is 12.7 Å². The van der Waals surface area contributed by atoms with Gasteiger partial charge in [0.2, 0.25) is 0 Å². The van der Waals surface area contributed by atoms with Gasteiger partial charge < -0.3 is 4.74 Å². The molecule has 3 aromatic heterocycles. The first kappa shape index (κ1) is 17.9. The smallest absolute Gasteiger partial charge is 0.420 e. The minimum atomic E-state index is -0.578. The maximum Gasteiger partial charge on any atom is 0.420 e. The molecule has 0 aliphatic rings. The van der Waals surface area contributed by atoms with E-state index >= 15 is 0 Å². The van der Waals surface area contributed by atoms with Crippen LogP contribution in [0.15, 0.2) is 61.1 Å². The zero-order chi connectivity index (χ0) is 19.7. The monoisotopic (exact) mass is 375 g/mol. The second kappa shape index (κ2) is 6.92. The lowest BCUT2D eigenvalue weighted by molar-refractivity contribution is 0.0543. The van der Waals surface area contributed by atoms with Gasteiger partial charge in [0.1, 0.15) is 16.9 Å². The van der Waals surface area contributed by atoms with Crippen molar-refractivity contribution in [1.29, 1.82) is 0 Å². The van der Waals surface area contributed by atoms with Crippen molar-refractivity contribution in [2.75, 3.05) is 0 Å². The Hall–Kier alpha value is -3.48. The molecule has 0 spiro atoms. The zero-order valence-corrected chi connectivity index (χ0v) is 16.0. The Morgan fingerprint density at radius 3 is 2.64 bits per heavy atom. The van der Waals surface area contributed by atoms with E-state index in [-0.39, 0.29) is 0 Å². The number of pyridine rings is 1. The Labute approximate surface area is 162 Å². The van der Waals surface area contributed by atoms with Crippen molar-refractivity contribution in [3.8, 4) is 11.3 Å². The molecule has 4 aromatic rings. The molecule has 0 saturated heterocycles. The van der Waals surface area contributed by atoms with Gasteiger partial charge in [-0.3, -0.25) is 0 Å². The number of hydrogen-bond donors (Lipinski definition) is 0. The summed E-state index contributed by atoms with van der Waals surface area (Å²) in [5.74, 6) is 0. The van der Waals surface area contributed by atoms with Crippen molar-refractivity contribution in [2.24, 2.45) is 0 Å². The Bertz CT molecular complexity index is 1120. The normalized spacial score (nSPS) is 11.7. The quantitative estimate of drug-likeness (QED) is 0.538. The van der Waals surface area contributed by atoms with E-state index in [0.717, 1.165) is 22.2 Å². The van der Waals surface area contributed by atoms with E-state index < -0.39 is 11.7 Å². The van der Waals surface area contributed by atoms with Crippen LogP contribution in [0.2, 0.25) is 0 Å². The van der Waals surface area contributed by atoms with Crippen LogP contribution in [-0.2, 0) is 11.3 Å². The van der Waals surface area contributed by atoms with Crippen molar-refractivity contribution in [3.63, 3.8) is 0 Å². The third kappa shape index (κ3) is 3.64. The topological polar surface area (TPSA) is 74.8 Å². The van der Waals surface area contributed by atoms with E-state index in [1.165, 1.54) is 4.57 Å². The molecule has 1 aromatic carbocycles. The van der Waals surface area contributed by atoms with Crippen LogP contribution >= 0.6 is 0 Å². The number of ether oxygens (including phenoxy) is 1. The fraction of sp³-hybridized carbons (Fsp3) is 0.238. The lowest BCUT2D eigenvalue weighted by Crippen LogP contribution is -2.26. The van der Waals surface area contributed by atoms with Gasteiger partial charge in [-0.05, 0) is 38.5 Å². The largest absolute Gasteiger partial charge is 0.443 e. The summed E-state index contributed by atoms with van der Waals surface area (Å²) < 4.78 is 8.67. The molecule has 0 atom stereocenters. The third-order valence-corrected chi connectivity index (χ3v) is 4.18. The maximum atomic E-state index is 12.5. The summed E-state index contributed by atoms with van der Waals surface area (Å²) in [7, 11) is 0. The molecule has 0 aliphatic heterocycles.